The summed E-state index contributed by atoms with van der Waals surface area (Å²) in [4.78, 5) is 36.3. The van der Waals surface area contributed by atoms with Gasteiger partial charge in [-0.2, -0.15) is 0 Å². The number of hydrogen-bond acceptors (Lipinski definition) is 7. The average molecular weight is 572 g/mol. The summed E-state index contributed by atoms with van der Waals surface area (Å²) in [5.41, 5.74) is 6.66. The number of hydrogen-bond donors (Lipinski definition) is 1. The second-order valence-corrected chi connectivity index (χ2v) is 11.3. The molecular weight excluding hydrogens is 546 g/mol. The van der Waals surface area contributed by atoms with Crippen molar-refractivity contribution in [1.29, 1.82) is 0 Å². The minimum absolute atomic E-state index is 0.563. The van der Waals surface area contributed by atoms with E-state index in [1.165, 1.54) is 0 Å². The molecule has 0 atom stereocenters. The zero-order valence-corrected chi connectivity index (χ0v) is 24.0. The molecule has 4 aromatic carbocycles. The number of aromatic amines is 1. The van der Waals surface area contributed by atoms with E-state index in [0.29, 0.717) is 41.3 Å². The van der Waals surface area contributed by atoms with Crippen LogP contribution in [0.4, 0.5) is 0 Å². The second kappa shape index (κ2) is 9.35. The van der Waals surface area contributed by atoms with Crippen LogP contribution < -0.4 is 0 Å². The van der Waals surface area contributed by atoms with Gasteiger partial charge in [-0.05, 0) is 14.1 Å². The molecule has 5 heterocycles. The summed E-state index contributed by atoms with van der Waals surface area (Å²) in [7, 11) is 4.08. The van der Waals surface area contributed by atoms with Crippen molar-refractivity contribution >= 4 is 44.1 Å². The molecule has 0 spiro atoms. The first-order valence-electron chi connectivity index (χ1n) is 14.5. The maximum atomic E-state index is 5.26. The topological polar surface area (TPSA) is 101 Å². The summed E-state index contributed by atoms with van der Waals surface area (Å²) in [5, 5.41) is 3.89. The Morgan fingerprint density at radius 3 is 1.25 bits per heavy atom. The first-order chi connectivity index (χ1) is 21.6. The molecule has 9 nitrogen and oxygen atoms in total. The highest BCUT2D eigenvalue weighted by Crippen LogP contribution is 2.37. The molecule has 1 N–H and O–H groups in total. The Morgan fingerprint density at radius 2 is 0.841 bits per heavy atom. The van der Waals surface area contributed by atoms with E-state index in [2.05, 4.69) is 38.7 Å². The van der Waals surface area contributed by atoms with Gasteiger partial charge in [0, 0.05) is 43.8 Å². The summed E-state index contributed by atoms with van der Waals surface area (Å²) in [6, 6.07) is 32.6. The summed E-state index contributed by atoms with van der Waals surface area (Å²) in [5.74, 6) is 2.43. The van der Waals surface area contributed by atoms with E-state index in [1.807, 2.05) is 86.9 Å². The van der Waals surface area contributed by atoms with E-state index >= 15 is 0 Å². The van der Waals surface area contributed by atoms with Crippen LogP contribution in [0, 0.1) is 0 Å². The molecule has 0 amide bonds. The minimum Gasteiger partial charge on any atom is -0.324 e. The molecule has 44 heavy (non-hydrogen) atoms. The third-order valence-corrected chi connectivity index (χ3v) is 8.12. The lowest BCUT2D eigenvalue weighted by atomic mass is 10.1. The monoisotopic (exact) mass is 571 g/mol. The number of nitrogens with zero attached hydrogens (tertiary/aromatic N) is 8. The molecule has 0 unspecified atom stereocenters. The van der Waals surface area contributed by atoms with E-state index < -0.39 is 0 Å². The van der Waals surface area contributed by atoms with Crippen molar-refractivity contribution in [1.82, 2.24) is 44.4 Å². The zero-order valence-electron chi connectivity index (χ0n) is 24.0. The fourth-order valence-electron chi connectivity index (χ4n) is 6.18. The maximum absolute atomic E-state index is 5.26. The van der Waals surface area contributed by atoms with Crippen molar-refractivity contribution in [2.45, 2.75) is 6.67 Å². The van der Waals surface area contributed by atoms with Crippen LogP contribution in [0.1, 0.15) is 0 Å². The van der Waals surface area contributed by atoms with Crippen molar-refractivity contribution in [3.63, 3.8) is 0 Å². The first-order valence-corrected chi connectivity index (χ1v) is 14.5. The first kappa shape index (κ1) is 24.8. The van der Waals surface area contributed by atoms with Crippen molar-refractivity contribution in [3.8, 4) is 45.6 Å². The number of benzene rings is 4. The highest BCUT2D eigenvalue weighted by Gasteiger charge is 2.23. The van der Waals surface area contributed by atoms with Gasteiger partial charge in [0.15, 0.2) is 23.3 Å². The fourth-order valence-corrected chi connectivity index (χ4v) is 6.18. The van der Waals surface area contributed by atoms with Gasteiger partial charge in [0.05, 0.1) is 6.67 Å². The second-order valence-electron chi connectivity index (χ2n) is 11.3. The van der Waals surface area contributed by atoms with Gasteiger partial charge in [-0.25, -0.2) is 29.9 Å². The van der Waals surface area contributed by atoms with Crippen molar-refractivity contribution in [2.24, 2.45) is 0 Å². The SMILES string of the molecule is CN(C)Cn1c2nc3nc(nc4[nH]c(nc5nc(nc1c1ccccc12)-c1ccccc1-5)c1ccccc41)-c1ccccc1-3. The van der Waals surface area contributed by atoms with Crippen LogP contribution in [0.3, 0.4) is 0 Å². The Labute approximate surface area is 251 Å². The quantitative estimate of drug-likeness (QED) is 0.242. The standard InChI is InChI=1S/C35H25N9/c1-43(2)19-44-34-26-17-9-10-18-27(26)35(44)42-33-25-16-8-6-14-23(25)31(40-33)38-29-21-12-4-3-11-20(21)28(36-29)37-30-22-13-5-7-15-24(22)32(39-30)41-34/h3-18H,19H2,1-2H3,(H,36,37,38,39,40,41,42). The van der Waals surface area contributed by atoms with Gasteiger partial charge in [0.2, 0.25) is 0 Å². The predicted molar refractivity (Wildman–Crippen MR) is 173 cm³/mol. The molecule has 210 valence electrons. The minimum atomic E-state index is 0.563. The van der Waals surface area contributed by atoms with E-state index in [-0.39, 0.29) is 0 Å². The van der Waals surface area contributed by atoms with Crippen LogP contribution in [0.25, 0.3) is 89.7 Å². The van der Waals surface area contributed by atoms with Crippen molar-refractivity contribution < 1.29 is 0 Å². The normalized spacial score (nSPS) is 12.2. The molecule has 8 bridgehead atoms. The fraction of sp³-hybridized carbons (Fsp3) is 0.0857. The van der Waals surface area contributed by atoms with Crippen LogP contribution in [-0.2, 0) is 6.67 Å². The lowest BCUT2D eigenvalue weighted by Crippen LogP contribution is -2.17. The van der Waals surface area contributed by atoms with Crippen LogP contribution in [0.5, 0.6) is 0 Å². The highest BCUT2D eigenvalue weighted by molar-refractivity contribution is 6.06. The summed E-state index contributed by atoms with van der Waals surface area (Å²) in [6.45, 7) is 0.563. The largest absolute Gasteiger partial charge is 0.324 e. The maximum Gasteiger partial charge on any atom is 0.164 e. The van der Waals surface area contributed by atoms with Crippen molar-refractivity contribution in [2.75, 3.05) is 14.1 Å². The lowest BCUT2D eigenvalue weighted by molar-refractivity contribution is 0.336. The lowest BCUT2D eigenvalue weighted by Gasteiger charge is -2.12. The molecule has 0 aliphatic carbocycles. The van der Waals surface area contributed by atoms with Crippen LogP contribution in [0.2, 0.25) is 0 Å². The Kier molecular flexibility index (Phi) is 5.26. The third-order valence-electron chi connectivity index (χ3n) is 8.12. The van der Waals surface area contributed by atoms with E-state index in [4.69, 9.17) is 29.9 Å². The number of rotatable bonds is 2. The smallest absolute Gasteiger partial charge is 0.164 e. The van der Waals surface area contributed by atoms with Gasteiger partial charge in [0.25, 0.3) is 0 Å². The van der Waals surface area contributed by atoms with E-state index in [0.717, 1.165) is 55.1 Å². The zero-order chi connectivity index (χ0) is 29.4. The third kappa shape index (κ3) is 3.69. The summed E-state index contributed by atoms with van der Waals surface area (Å²) in [6.07, 6.45) is 0. The Bertz CT molecular complexity index is 2310. The Balaban J connectivity index is 1.53. The summed E-state index contributed by atoms with van der Waals surface area (Å²) < 4.78 is 2.14. The number of aromatic nitrogens is 8. The van der Waals surface area contributed by atoms with E-state index in [1.54, 1.807) is 0 Å². The van der Waals surface area contributed by atoms with Crippen LogP contribution in [0.15, 0.2) is 97.1 Å². The molecule has 0 saturated heterocycles. The van der Waals surface area contributed by atoms with Gasteiger partial charge in [-0.1, -0.05) is 97.1 Å². The van der Waals surface area contributed by atoms with Crippen LogP contribution in [-0.4, -0.2) is 58.5 Å². The molecule has 9 rings (SSSR count). The van der Waals surface area contributed by atoms with E-state index in [9.17, 15) is 0 Å². The average Bonchev–Trinajstić information content (AvgIpc) is 3.76. The molecule has 7 aromatic rings. The molecule has 9 heteroatoms. The van der Waals surface area contributed by atoms with Gasteiger partial charge < -0.3 is 4.98 Å². The summed E-state index contributed by atoms with van der Waals surface area (Å²) >= 11 is 0. The molecule has 0 saturated carbocycles. The van der Waals surface area contributed by atoms with Gasteiger partial charge >= 0.3 is 0 Å². The molecule has 0 radical (unpaired) electrons. The molecule has 2 aliphatic heterocycles. The highest BCUT2D eigenvalue weighted by atomic mass is 15.2. The molecular formula is C35H25N9. The van der Waals surface area contributed by atoms with Gasteiger partial charge in [0.1, 0.15) is 22.6 Å². The predicted octanol–water partition coefficient (Wildman–Crippen LogP) is 6.86. The Hall–Kier alpha value is -5.80. The van der Waals surface area contributed by atoms with Gasteiger partial charge in [-0.15, -0.1) is 0 Å². The number of nitrogens with one attached hydrogen (secondary N) is 1. The Morgan fingerprint density at radius 1 is 0.477 bits per heavy atom. The van der Waals surface area contributed by atoms with Gasteiger partial charge in [-0.3, -0.25) is 9.47 Å². The number of fused-ring (bicyclic) bond motifs is 20. The molecule has 0 fully saturated rings. The van der Waals surface area contributed by atoms with Crippen molar-refractivity contribution in [3.05, 3.63) is 97.1 Å². The molecule has 3 aromatic heterocycles. The number of H-pyrrole nitrogens is 1. The van der Waals surface area contributed by atoms with Crippen LogP contribution >= 0.6 is 0 Å². The molecule has 2 aliphatic rings.